The maximum Gasteiger partial charge on any atom is 0.328 e. The number of rotatable bonds is 6. The van der Waals surface area contributed by atoms with Crippen LogP contribution in [0.3, 0.4) is 0 Å². The second kappa shape index (κ2) is 6.83. The van der Waals surface area contributed by atoms with Gasteiger partial charge in [0.1, 0.15) is 0 Å². The van der Waals surface area contributed by atoms with E-state index >= 15 is 0 Å². The van der Waals surface area contributed by atoms with Gasteiger partial charge in [0, 0.05) is 23.7 Å². The summed E-state index contributed by atoms with van der Waals surface area (Å²) in [6, 6.07) is 3.02. The Morgan fingerprint density at radius 1 is 1.26 bits per heavy atom. The Morgan fingerprint density at radius 2 is 1.91 bits per heavy atom. The largest absolute Gasteiger partial charge is 0.480 e. The number of hydrogen-bond donors (Lipinski definition) is 3. The first-order chi connectivity index (χ1) is 10.8. The van der Waals surface area contributed by atoms with E-state index in [1.807, 2.05) is 32.9 Å². The molecule has 6 heteroatoms. The molecule has 0 aliphatic rings. The number of aromatic amines is 1. The number of carbonyl (C=O) groups excluding carboxylic acids is 1. The van der Waals surface area contributed by atoms with Crippen molar-refractivity contribution in [2.24, 2.45) is 0 Å². The third-order valence-electron chi connectivity index (χ3n) is 3.99. The molecular weight excluding hydrogens is 296 g/mol. The number of carboxylic acids is 1. The number of aryl methyl sites for hydroxylation is 3. The van der Waals surface area contributed by atoms with Crippen LogP contribution < -0.4 is 5.32 Å². The lowest BCUT2D eigenvalue weighted by Crippen LogP contribution is -2.44. The summed E-state index contributed by atoms with van der Waals surface area (Å²) >= 11 is 0. The van der Waals surface area contributed by atoms with E-state index in [0.29, 0.717) is 0 Å². The van der Waals surface area contributed by atoms with Gasteiger partial charge in [-0.15, -0.1) is 0 Å². The minimum absolute atomic E-state index is 0.0634. The highest BCUT2D eigenvalue weighted by Crippen LogP contribution is 2.28. The molecule has 1 atom stereocenters. The van der Waals surface area contributed by atoms with Crippen molar-refractivity contribution in [3.8, 4) is 0 Å². The molecule has 2 rings (SSSR count). The van der Waals surface area contributed by atoms with Crippen molar-refractivity contribution in [2.75, 3.05) is 13.7 Å². The molecule has 1 aromatic heterocycles. The van der Waals surface area contributed by atoms with E-state index < -0.39 is 12.0 Å². The second-order valence-electron chi connectivity index (χ2n) is 5.77. The molecule has 0 spiro atoms. The minimum Gasteiger partial charge on any atom is -0.480 e. The number of fused-ring (bicyclic) bond motifs is 1. The lowest BCUT2D eigenvalue weighted by Gasteiger charge is -2.13. The summed E-state index contributed by atoms with van der Waals surface area (Å²) in [4.78, 5) is 26.7. The van der Waals surface area contributed by atoms with Crippen LogP contribution in [0.1, 0.15) is 22.4 Å². The first kappa shape index (κ1) is 17.0. The van der Waals surface area contributed by atoms with Crippen LogP contribution in [0.15, 0.2) is 12.1 Å². The molecule has 3 N–H and O–H groups in total. The zero-order valence-electron chi connectivity index (χ0n) is 13.8. The van der Waals surface area contributed by atoms with Gasteiger partial charge in [-0.25, -0.2) is 4.79 Å². The van der Waals surface area contributed by atoms with Crippen molar-refractivity contribution in [2.45, 2.75) is 33.2 Å². The van der Waals surface area contributed by atoms with Crippen LogP contribution in [-0.2, 0) is 20.7 Å². The SMILES string of the molecule is COC[C@H](NC(=O)Cc1c(C)[nH]c2c(C)ccc(C)c12)C(=O)O. The number of ether oxygens (including phenoxy) is 1. The normalized spacial score (nSPS) is 12.3. The Hall–Kier alpha value is -2.34. The van der Waals surface area contributed by atoms with Crippen molar-refractivity contribution in [3.05, 3.63) is 34.5 Å². The van der Waals surface area contributed by atoms with E-state index in [1.54, 1.807) is 0 Å². The molecule has 2 aromatic rings. The van der Waals surface area contributed by atoms with Crippen LogP contribution in [-0.4, -0.2) is 41.7 Å². The standard InChI is InChI=1S/C17H22N2O4/c1-9-5-6-10(2)16-15(9)12(11(3)18-16)7-14(20)19-13(8-23-4)17(21)22/h5-6,13,18H,7-8H2,1-4H3,(H,19,20)(H,21,22)/t13-/m0/s1. The van der Waals surface area contributed by atoms with Crippen LogP contribution in [0.25, 0.3) is 10.9 Å². The highest BCUT2D eigenvalue weighted by Gasteiger charge is 2.21. The van der Waals surface area contributed by atoms with Crippen LogP contribution in [0.5, 0.6) is 0 Å². The number of carbonyl (C=O) groups is 2. The topological polar surface area (TPSA) is 91.4 Å². The van der Waals surface area contributed by atoms with Crippen molar-refractivity contribution < 1.29 is 19.4 Å². The summed E-state index contributed by atoms with van der Waals surface area (Å²) in [6.07, 6.45) is 0.129. The molecule has 0 radical (unpaired) electrons. The summed E-state index contributed by atoms with van der Waals surface area (Å²) in [6.45, 7) is 5.87. The van der Waals surface area contributed by atoms with E-state index in [0.717, 1.165) is 33.3 Å². The molecule has 1 aromatic carbocycles. The van der Waals surface area contributed by atoms with E-state index in [2.05, 4.69) is 10.3 Å². The summed E-state index contributed by atoms with van der Waals surface area (Å²) in [5.41, 5.74) is 5.05. The molecule has 23 heavy (non-hydrogen) atoms. The van der Waals surface area contributed by atoms with E-state index in [9.17, 15) is 9.59 Å². The van der Waals surface area contributed by atoms with E-state index in [-0.39, 0.29) is 18.9 Å². The number of methoxy groups -OCH3 is 1. The lowest BCUT2D eigenvalue weighted by molar-refractivity contribution is -0.143. The molecule has 1 heterocycles. The average Bonchev–Trinajstić information content (AvgIpc) is 2.81. The Morgan fingerprint density at radius 3 is 2.52 bits per heavy atom. The number of hydrogen-bond acceptors (Lipinski definition) is 3. The Labute approximate surface area is 134 Å². The third kappa shape index (κ3) is 3.53. The molecule has 124 valence electrons. The van der Waals surface area contributed by atoms with Gasteiger partial charge in [0.25, 0.3) is 0 Å². The maximum atomic E-state index is 12.2. The fraction of sp³-hybridized carbons (Fsp3) is 0.412. The molecule has 0 saturated carbocycles. The number of benzene rings is 1. The number of carboxylic acid groups (broad SMARTS) is 1. The van der Waals surface area contributed by atoms with Crippen molar-refractivity contribution in [3.63, 3.8) is 0 Å². The van der Waals surface area contributed by atoms with Gasteiger partial charge >= 0.3 is 5.97 Å². The molecule has 0 aliphatic heterocycles. The van der Waals surface area contributed by atoms with E-state index in [4.69, 9.17) is 9.84 Å². The smallest absolute Gasteiger partial charge is 0.328 e. The predicted octanol–water partition coefficient (Wildman–Crippen LogP) is 1.85. The quantitative estimate of drug-likeness (QED) is 0.758. The number of amides is 1. The van der Waals surface area contributed by atoms with Gasteiger partial charge in [0.2, 0.25) is 5.91 Å². The summed E-state index contributed by atoms with van der Waals surface area (Å²) < 4.78 is 4.83. The second-order valence-corrected chi connectivity index (χ2v) is 5.77. The Kier molecular flexibility index (Phi) is 5.05. The highest BCUT2D eigenvalue weighted by molar-refractivity contribution is 5.94. The number of nitrogens with one attached hydrogen (secondary N) is 2. The number of H-pyrrole nitrogens is 1. The van der Waals surface area contributed by atoms with Gasteiger partial charge in [-0.05, 0) is 37.5 Å². The van der Waals surface area contributed by atoms with Gasteiger partial charge in [-0.1, -0.05) is 12.1 Å². The van der Waals surface area contributed by atoms with Crippen LogP contribution in [0.4, 0.5) is 0 Å². The highest BCUT2D eigenvalue weighted by atomic mass is 16.5. The van der Waals surface area contributed by atoms with Crippen molar-refractivity contribution >= 4 is 22.8 Å². The van der Waals surface area contributed by atoms with Gasteiger partial charge < -0.3 is 20.1 Å². The number of aromatic nitrogens is 1. The molecular formula is C17H22N2O4. The van der Waals surface area contributed by atoms with Gasteiger partial charge in [0.15, 0.2) is 6.04 Å². The Balaban J connectivity index is 2.28. The number of aliphatic carboxylic acids is 1. The molecule has 0 saturated heterocycles. The third-order valence-corrected chi connectivity index (χ3v) is 3.99. The molecule has 0 aliphatic carbocycles. The molecule has 0 unspecified atom stereocenters. The van der Waals surface area contributed by atoms with Crippen LogP contribution >= 0.6 is 0 Å². The summed E-state index contributed by atoms with van der Waals surface area (Å²) in [7, 11) is 1.40. The first-order valence-corrected chi connectivity index (χ1v) is 7.43. The summed E-state index contributed by atoms with van der Waals surface area (Å²) in [5, 5.41) is 12.6. The lowest BCUT2D eigenvalue weighted by atomic mass is 10.0. The van der Waals surface area contributed by atoms with Crippen LogP contribution in [0.2, 0.25) is 0 Å². The van der Waals surface area contributed by atoms with Gasteiger partial charge in [-0.3, -0.25) is 4.79 Å². The predicted molar refractivity (Wildman–Crippen MR) is 87.7 cm³/mol. The summed E-state index contributed by atoms with van der Waals surface area (Å²) in [5.74, 6) is -1.44. The van der Waals surface area contributed by atoms with E-state index in [1.165, 1.54) is 7.11 Å². The van der Waals surface area contributed by atoms with Gasteiger partial charge in [-0.2, -0.15) is 0 Å². The van der Waals surface area contributed by atoms with Crippen molar-refractivity contribution in [1.29, 1.82) is 0 Å². The first-order valence-electron chi connectivity index (χ1n) is 7.43. The van der Waals surface area contributed by atoms with Gasteiger partial charge in [0.05, 0.1) is 13.0 Å². The zero-order chi connectivity index (χ0) is 17.1. The molecule has 1 amide bonds. The fourth-order valence-corrected chi connectivity index (χ4v) is 2.78. The molecule has 0 bridgehead atoms. The average molecular weight is 318 g/mol. The monoisotopic (exact) mass is 318 g/mol. The zero-order valence-corrected chi connectivity index (χ0v) is 13.8. The van der Waals surface area contributed by atoms with Crippen molar-refractivity contribution in [1.82, 2.24) is 10.3 Å². The Bertz CT molecular complexity index is 749. The molecule has 6 nitrogen and oxygen atoms in total. The molecule has 0 fully saturated rings. The maximum absolute atomic E-state index is 12.2. The van der Waals surface area contributed by atoms with Crippen LogP contribution in [0, 0.1) is 20.8 Å². The fourth-order valence-electron chi connectivity index (χ4n) is 2.78. The minimum atomic E-state index is -1.11.